The van der Waals surface area contributed by atoms with E-state index in [0.29, 0.717) is 19.1 Å². The molecule has 7 heteroatoms. The summed E-state index contributed by atoms with van der Waals surface area (Å²) in [5.74, 6) is 0.659. The molecule has 0 radical (unpaired) electrons. The zero-order chi connectivity index (χ0) is 16.2. The highest BCUT2D eigenvalue weighted by molar-refractivity contribution is 14.0. The summed E-state index contributed by atoms with van der Waals surface area (Å²) in [5.41, 5.74) is 1.53. The summed E-state index contributed by atoms with van der Waals surface area (Å²) in [4.78, 5) is 17.5. The molecule has 1 aliphatic carbocycles. The topological polar surface area (TPSA) is 66.0 Å². The van der Waals surface area contributed by atoms with Gasteiger partial charge in [0.1, 0.15) is 6.54 Å². The van der Waals surface area contributed by atoms with Gasteiger partial charge in [0.15, 0.2) is 5.96 Å². The highest BCUT2D eigenvalue weighted by atomic mass is 127. The zero-order valence-electron chi connectivity index (χ0n) is 14.6. The first-order valence-electron chi connectivity index (χ1n) is 8.02. The fourth-order valence-corrected chi connectivity index (χ4v) is 2.21. The molecule has 0 saturated carbocycles. The number of guanidine groups is 1. The molecule has 1 rings (SSSR count). The van der Waals surface area contributed by atoms with Gasteiger partial charge in [-0.2, -0.15) is 0 Å². The van der Waals surface area contributed by atoms with Crippen LogP contribution in [0.2, 0.25) is 0 Å². The maximum absolute atomic E-state index is 11.6. The van der Waals surface area contributed by atoms with Crippen LogP contribution in [0.5, 0.6) is 0 Å². The maximum Gasteiger partial charge on any atom is 0.243 e. The largest absolute Gasteiger partial charge is 0.383 e. The minimum atomic E-state index is -0.0113. The molecule has 1 aliphatic rings. The number of nitrogens with one attached hydrogen (secondary N) is 2. The van der Waals surface area contributed by atoms with Crippen LogP contribution in [0.1, 0.15) is 32.1 Å². The van der Waals surface area contributed by atoms with Gasteiger partial charge in [-0.25, -0.2) is 4.99 Å². The van der Waals surface area contributed by atoms with Crippen LogP contribution in [-0.2, 0) is 9.53 Å². The molecule has 0 saturated heterocycles. The smallest absolute Gasteiger partial charge is 0.243 e. The number of aliphatic imine (C=N–C) groups is 1. The molecule has 23 heavy (non-hydrogen) atoms. The van der Waals surface area contributed by atoms with Crippen molar-refractivity contribution in [3.05, 3.63) is 11.6 Å². The van der Waals surface area contributed by atoms with E-state index in [1.54, 1.807) is 26.1 Å². The summed E-state index contributed by atoms with van der Waals surface area (Å²) in [7, 11) is 5.13. The van der Waals surface area contributed by atoms with Crippen molar-refractivity contribution >= 4 is 35.8 Å². The molecular weight excluding hydrogens is 407 g/mol. The number of allylic oxidation sites excluding steroid dienone is 1. The number of hydrogen-bond donors (Lipinski definition) is 2. The summed E-state index contributed by atoms with van der Waals surface area (Å²) < 4.78 is 5.03. The summed E-state index contributed by atoms with van der Waals surface area (Å²) in [6, 6.07) is 0. The van der Waals surface area contributed by atoms with Crippen LogP contribution in [0.15, 0.2) is 16.6 Å². The average molecular weight is 438 g/mol. The third-order valence-corrected chi connectivity index (χ3v) is 3.59. The van der Waals surface area contributed by atoms with Crippen molar-refractivity contribution in [2.24, 2.45) is 4.99 Å². The summed E-state index contributed by atoms with van der Waals surface area (Å²) >= 11 is 0. The van der Waals surface area contributed by atoms with E-state index < -0.39 is 0 Å². The molecule has 0 spiro atoms. The van der Waals surface area contributed by atoms with Crippen LogP contribution in [0.4, 0.5) is 0 Å². The molecule has 2 N–H and O–H groups in total. The fourth-order valence-electron chi connectivity index (χ4n) is 2.21. The number of hydrogen-bond acceptors (Lipinski definition) is 3. The Morgan fingerprint density at radius 3 is 2.65 bits per heavy atom. The lowest BCUT2D eigenvalue weighted by atomic mass is 9.97. The SMILES string of the molecule is COCCNC(=NCC(=O)N(C)C)NCCC1=CCCCC1.I. The standard InChI is InChI=1S/C16H30N4O2.HI/c1-20(2)15(21)13-19-16(18-11-12-22-3)17-10-9-14-7-5-4-6-8-14;/h7H,4-6,8-13H2,1-3H3,(H2,17,18,19);1H. The van der Waals surface area contributed by atoms with E-state index in [1.807, 2.05) is 0 Å². The van der Waals surface area contributed by atoms with Gasteiger partial charge in [-0.15, -0.1) is 24.0 Å². The van der Waals surface area contributed by atoms with Crippen LogP contribution in [-0.4, -0.2) is 64.2 Å². The summed E-state index contributed by atoms with van der Waals surface area (Å²) in [5, 5.41) is 6.47. The van der Waals surface area contributed by atoms with Gasteiger partial charge in [0.2, 0.25) is 5.91 Å². The summed E-state index contributed by atoms with van der Waals surface area (Å²) in [6.07, 6.45) is 8.43. The van der Waals surface area contributed by atoms with Gasteiger partial charge in [-0.05, 0) is 32.1 Å². The van der Waals surface area contributed by atoms with Crippen molar-refractivity contribution in [3.8, 4) is 0 Å². The molecule has 0 aromatic rings. The maximum atomic E-state index is 11.6. The monoisotopic (exact) mass is 438 g/mol. The van der Waals surface area contributed by atoms with Crippen LogP contribution in [0, 0.1) is 0 Å². The van der Waals surface area contributed by atoms with Crippen molar-refractivity contribution in [2.75, 3.05) is 47.4 Å². The Bertz CT molecular complexity index is 398. The van der Waals surface area contributed by atoms with Gasteiger partial charge in [-0.1, -0.05) is 11.6 Å². The third kappa shape index (κ3) is 10.5. The van der Waals surface area contributed by atoms with Gasteiger partial charge in [0.25, 0.3) is 0 Å². The number of likely N-dealkylation sites (N-methyl/N-ethyl adjacent to an activating group) is 1. The van der Waals surface area contributed by atoms with Gasteiger partial charge < -0.3 is 20.3 Å². The lowest BCUT2D eigenvalue weighted by molar-refractivity contribution is -0.127. The van der Waals surface area contributed by atoms with Gasteiger partial charge in [0, 0.05) is 34.3 Å². The highest BCUT2D eigenvalue weighted by Crippen LogP contribution is 2.19. The van der Waals surface area contributed by atoms with Gasteiger partial charge >= 0.3 is 0 Å². The van der Waals surface area contributed by atoms with Crippen LogP contribution in [0.25, 0.3) is 0 Å². The third-order valence-electron chi connectivity index (χ3n) is 3.59. The van der Waals surface area contributed by atoms with E-state index in [2.05, 4.69) is 21.7 Å². The number of amides is 1. The van der Waals surface area contributed by atoms with Gasteiger partial charge in [-0.3, -0.25) is 4.79 Å². The molecule has 6 nitrogen and oxygen atoms in total. The second-order valence-electron chi connectivity index (χ2n) is 5.66. The first kappa shape index (κ1) is 22.2. The fraction of sp³-hybridized carbons (Fsp3) is 0.750. The average Bonchev–Trinajstić information content (AvgIpc) is 2.52. The Morgan fingerprint density at radius 2 is 2.04 bits per heavy atom. The molecule has 0 unspecified atom stereocenters. The molecular formula is C16H31IN4O2. The normalized spacial score (nSPS) is 14.6. The van der Waals surface area contributed by atoms with E-state index in [1.165, 1.54) is 31.3 Å². The summed E-state index contributed by atoms with van der Waals surface area (Å²) in [6.45, 7) is 2.26. The Morgan fingerprint density at radius 1 is 1.30 bits per heavy atom. The molecule has 0 aromatic heterocycles. The predicted octanol–water partition coefficient (Wildman–Crippen LogP) is 1.76. The molecule has 0 atom stereocenters. The highest BCUT2D eigenvalue weighted by Gasteiger charge is 2.06. The molecule has 0 fully saturated rings. The number of halogens is 1. The molecule has 0 bridgehead atoms. The van der Waals surface area contributed by atoms with E-state index in [4.69, 9.17) is 4.74 Å². The Hall–Kier alpha value is -0.830. The Kier molecular flexibility index (Phi) is 13.1. The number of rotatable bonds is 8. The minimum absolute atomic E-state index is 0. The molecule has 0 aromatic carbocycles. The van der Waals surface area contributed by atoms with Crippen molar-refractivity contribution in [1.29, 1.82) is 0 Å². The first-order chi connectivity index (χ1) is 10.6. The molecule has 1 amide bonds. The molecule has 0 aliphatic heterocycles. The van der Waals surface area contributed by atoms with Crippen molar-refractivity contribution in [1.82, 2.24) is 15.5 Å². The minimum Gasteiger partial charge on any atom is -0.383 e. The van der Waals surface area contributed by atoms with Crippen LogP contribution >= 0.6 is 24.0 Å². The van der Waals surface area contributed by atoms with Crippen LogP contribution < -0.4 is 10.6 Å². The zero-order valence-corrected chi connectivity index (χ0v) is 16.9. The second kappa shape index (κ2) is 13.6. The number of carbonyl (C=O) groups excluding carboxylic acids is 1. The van der Waals surface area contributed by atoms with Crippen molar-refractivity contribution in [2.45, 2.75) is 32.1 Å². The predicted molar refractivity (Wildman–Crippen MR) is 105 cm³/mol. The van der Waals surface area contributed by atoms with Gasteiger partial charge in [0.05, 0.1) is 6.61 Å². The van der Waals surface area contributed by atoms with Crippen molar-refractivity contribution in [3.63, 3.8) is 0 Å². The lowest BCUT2D eigenvalue weighted by Crippen LogP contribution is -2.40. The van der Waals surface area contributed by atoms with Crippen molar-refractivity contribution < 1.29 is 9.53 Å². The van der Waals surface area contributed by atoms with E-state index in [9.17, 15) is 4.79 Å². The molecule has 0 heterocycles. The number of ether oxygens (including phenoxy) is 1. The number of nitrogens with zero attached hydrogens (tertiary/aromatic N) is 2. The molecule has 134 valence electrons. The van der Waals surface area contributed by atoms with E-state index in [0.717, 1.165) is 13.0 Å². The second-order valence-corrected chi connectivity index (χ2v) is 5.66. The van der Waals surface area contributed by atoms with E-state index in [-0.39, 0.29) is 36.4 Å². The van der Waals surface area contributed by atoms with E-state index >= 15 is 0 Å². The quantitative estimate of drug-likeness (QED) is 0.199. The number of methoxy groups -OCH3 is 1. The van der Waals surface area contributed by atoms with Crippen LogP contribution in [0.3, 0.4) is 0 Å². The Labute approximate surface area is 157 Å². The first-order valence-corrected chi connectivity index (χ1v) is 8.02. The number of carbonyl (C=O) groups is 1. The lowest BCUT2D eigenvalue weighted by Gasteiger charge is -2.16. The Balaban J connectivity index is 0.00000484.